The number of fused-ring (bicyclic) bond motifs is 1. The maximum absolute atomic E-state index is 13.8. The van der Waals surface area contributed by atoms with Crippen molar-refractivity contribution in [2.24, 2.45) is 0 Å². The lowest BCUT2D eigenvalue weighted by Crippen LogP contribution is -2.23. The monoisotopic (exact) mass is 555 g/mol. The second kappa shape index (κ2) is 10.1. The highest BCUT2D eigenvalue weighted by molar-refractivity contribution is 5.95. The summed E-state index contributed by atoms with van der Waals surface area (Å²) in [4.78, 5) is 21.3. The number of benzene rings is 2. The Hall–Kier alpha value is -4.74. The summed E-state index contributed by atoms with van der Waals surface area (Å²) < 4.78 is 81.2. The van der Waals surface area contributed by atoms with Crippen LogP contribution in [-0.4, -0.2) is 25.7 Å². The van der Waals surface area contributed by atoms with Gasteiger partial charge in [-0.1, -0.05) is 24.3 Å². The van der Waals surface area contributed by atoms with Crippen molar-refractivity contribution in [3.63, 3.8) is 0 Å². The topological polar surface area (TPSA) is 72.7 Å². The van der Waals surface area contributed by atoms with Crippen molar-refractivity contribution >= 4 is 16.8 Å². The molecule has 0 radical (unpaired) electrons. The molecule has 3 heterocycles. The summed E-state index contributed by atoms with van der Waals surface area (Å²) in [5, 5.41) is 7.21. The molecule has 0 aliphatic heterocycles. The molecule has 1 amide bonds. The van der Waals surface area contributed by atoms with Gasteiger partial charge in [-0.2, -0.15) is 31.4 Å². The molecule has 0 spiro atoms. The molecular weight excluding hydrogens is 536 g/mol. The van der Waals surface area contributed by atoms with E-state index in [1.165, 1.54) is 41.2 Å². The number of nitrogens with zero attached hydrogens (tertiary/aromatic N) is 4. The minimum atomic E-state index is -4.64. The lowest BCUT2D eigenvalue weighted by Gasteiger charge is -2.15. The Labute approximate surface area is 223 Å². The Kier molecular flexibility index (Phi) is 6.78. The van der Waals surface area contributed by atoms with Crippen molar-refractivity contribution in [1.29, 1.82) is 0 Å². The van der Waals surface area contributed by atoms with Gasteiger partial charge in [-0.25, -0.2) is 4.68 Å². The predicted octanol–water partition coefficient (Wildman–Crippen LogP) is 6.76. The van der Waals surface area contributed by atoms with E-state index in [0.29, 0.717) is 22.5 Å². The van der Waals surface area contributed by atoms with Gasteiger partial charge in [0.25, 0.3) is 5.91 Å². The number of rotatable bonds is 5. The molecule has 0 bridgehead atoms. The number of nitrogens with one attached hydrogen (secondary N) is 1. The largest absolute Gasteiger partial charge is 0.418 e. The zero-order chi connectivity index (χ0) is 28.7. The number of pyridine rings is 2. The van der Waals surface area contributed by atoms with Crippen LogP contribution in [0.25, 0.3) is 27.8 Å². The van der Waals surface area contributed by atoms with Crippen LogP contribution in [-0.2, 0) is 18.9 Å². The van der Waals surface area contributed by atoms with E-state index in [9.17, 15) is 31.1 Å². The van der Waals surface area contributed by atoms with Crippen LogP contribution in [0.2, 0.25) is 0 Å². The van der Waals surface area contributed by atoms with Gasteiger partial charge in [-0.05, 0) is 55.0 Å². The first-order chi connectivity index (χ1) is 18.9. The smallest absolute Gasteiger partial charge is 0.347 e. The molecule has 0 aliphatic carbocycles. The van der Waals surface area contributed by atoms with E-state index in [4.69, 9.17) is 0 Å². The van der Waals surface area contributed by atoms with E-state index in [-0.39, 0.29) is 28.8 Å². The number of carbonyl (C=O) groups excluding carboxylic acids is 1. The number of hydrogen-bond acceptors (Lipinski definition) is 4. The third-order valence-electron chi connectivity index (χ3n) is 6.11. The zero-order valence-electron chi connectivity index (χ0n) is 20.7. The van der Waals surface area contributed by atoms with Crippen LogP contribution in [0.1, 0.15) is 32.9 Å². The minimum Gasteiger partial charge on any atom is -0.347 e. The van der Waals surface area contributed by atoms with Crippen molar-refractivity contribution < 1.29 is 31.1 Å². The molecular formula is C28H19F6N5O. The quantitative estimate of drug-likeness (QED) is 0.243. The molecule has 2 aromatic carbocycles. The van der Waals surface area contributed by atoms with E-state index in [1.807, 2.05) is 0 Å². The zero-order valence-corrected chi connectivity index (χ0v) is 20.7. The number of halogens is 6. The first kappa shape index (κ1) is 26.9. The third kappa shape index (κ3) is 5.37. The standard InChI is InChI=1S/C28H19F6N5O/c1-16-12-24(20-5-2-6-21(25(20)37-16)28(32,33)34)39-23(18-4-3-11-35-15-18)13-22(38-39)26(40)36-14-17-7-9-19(10-8-17)27(29,30)31/h2-13,15H,14H2,1H3,(H,36,40). The summed E-state index contributed by atoms with van der Waals surface area (Å²) in [6, 6.07) is 14.5. The lowest BCUT2D eigenvalue weighted by atomic mass is 10.1. The van der Waals surface area contributed by atoms with E-state index in [0.717, 1.165) is 18.2 Å². The van der Waals surface area contributed by atoms with Crippen molar-refractivity contribution in [2.45, 2.75) is 25.8 Å². The Balaban J connectivity index is 1.55. The Morgan fingerprint density at radius 1 is 0.925 bits per heavy atom. The van der Waals surface area contributed by atoms with E-state index in [1.54, 1.807) is 31.3 Å². The van der Waals surface area contributed by atoms with Crippen LogP contribution in [0.3, 0.4) is 0 Å². The molecule has 0 fully saturated rings. The summed E-state index contributed by atoms with van der Waals surface area (Å²) in [6.07, 6.45) is -6.05. The number of aromatic nitrogens is 4. The van der Waals surface area contributed by atoms with Gasteiger partial charge in [-0.15, -0.1) is 0 Å². The fourth-order valence-corrected chi connectivity index (χ4v) is 4.24. The summed E-state index contributed by atoms with van der Waals surface area (Å²) in [7, 11) is 0. The molecule has 40 heavy (non-hydrogen) atoms. The molecule has 0 saturated heterocycles. The van der Waals surface area contributed by atoms with Crippen LogP contribution in [0.5, 0.6) is 0 Å². The maximum atomic E-state index is 13.8. The van der Waals surface area contributed by atoms with E-state index < -0.39 is 29.4 Å². The minimum absolute atomic E-state index is 0.0552. The first-order valence-corrected chi connectivity index (χ1v) is 11.8. The number of carbonyl (C=O) groups is 1. The average molecular weight is 555 g/mol. The van der Waals surface area contributed by atoms with Crippen molar-refractivity contribution in [1.82, 2.24) is 25.1 Å². The number of amides is 1. The molecule has 204 valence electrons. The second-order valence-electron chi connectivity index (χ2n) is 8.93. The van der Waals surface area contributed by atoms with Gasteiger partial charge in [-0.3, -0.25) is 14.8 Å². The van der Waals surface area contributed by atoms with Gasteiger partial charge in [0.2, 0.25) is 0 Å². The molecule has 1 N–H and O–H groups in total. The molecule has 12 heteroatoms. The first-order valence-electron chi connectivity index (χ1n) is 11.8. The van der Waals surface area contributed by atoms with Crippen LogP contribution < -0.4 is 5.32 Å². The number of aryl methyl sites for hydroxylation is 1. The van der Waals surface area contributed by atoms with Crippen LogP contribution >= 0.6 is 0 Å². The normalized spacial score (nSPS) is 12.1. The van der Waals surface area contributed by atoms with E-state index in [2.05, 4.69) is 20.4 Å². The third-order valence-corrected chi connectivity index (χ3v) is 6.11. The van der Waals surface area contributed by atoms with Gasteiger partial charge < -0.3 is 5.32 Å². The van der Waals surface area contributed by atoms with Gasteiger partial charge >= 0.3 is 12.4 Å². The highest BCUT2D eigenvalue weighted by Gasteiger charge is 2.34. The van der Waals surface area contributed by atoms with Crippen LogP contribution in [0.4, 0.5) is 26.3 Å². The molecule has 0 atom stereocenters. The fraction of sp³-hybridized carbons (Fsp3) is 0.143. The molecule has 0 aliphatic rings. The predicted molar refractivity (Wildman–Crippen MR) is 134 cm³/mol. The average Bonchev–Trinajstić information content (AvgIpc) is 3.36. The highest BCUT2D eigenvalue weighted by atomic mass is 19.4. The number of hydrogen-bond donors (Lipinski definition) is 1. The Morgan fingerprint density at radius 3 is 2.33 bits per heavy atom. The van der Waals surface area contributed by atoms with Gasteiger partial charge in [0.05, 0.1) is 28.0 Å². The van der Waals surface area contributed by atoms with Gasteiger partial charge in [0.1, 0.15) is 0 Å². The fourth-order valence-electron chi connectivity index (χ4n) is 4.24. The highest BCUT2D eigenvalue weighted by Crippen LogP contribution is 2.37. The van der Waals surface area contributed by atoms with E-state index >= 15 is 0 Å². The summed E-state index contributed by atoms with van der Waals surface area (Å²) in [6.45, 7) is 1.49. The Morgan fingerprint density at radius 2 is 1.68 bits per heavy atom. The summed E-state index contributed by atoms with van der Waals surface area (Å²) >= 11 is 0. The van der Waals surface area contributed by atoms with Gasteiger partial charge in [0, 0.05) is 35.6 Å². The van der Waals surface area contributed by atoms with Gasteiger partial charge in [0.15, 0.2) is 5.69 Å². The molecule has 6 nitrogen and oxygen atoms in total. The van der Waals surface area contributed by atoms with Crippen molar-refractivity contribution in [3.8, 4) is 16.9 Å². The molecule has 5 aromatic rings. The summed E-state index contributed by atoms with van der Waals surface area (Å²) in [5.41, 5.74) is -0.0802. The van der Waals surface area contributed by atoms with Crippen LogP contribution in [0, 0.1) is 6.92 Å². The lowest BCUT2D eigenvalue weighted by molar-refractivity contribution is -0.138. The SMILES string of the molecule is Cc1cc(-n2nc(C(=O)NCc3ccc(C(F)(F)F)cc3)cc2-c2cccnc2)c2cccc(C(F)(F)F)c2n1. The second-order valence-corrected chi connectivity index (χ2v) is 8.93. The van der Waals surface area contributed by atoms with Crippen molar-refractivity contribution in [2.75, 3.05) is 0 Å². The molecule has 0 saturated carbocycles. The molecule has 0 unspecified atom stereocenters. The molecule has 5 rings (SSSR count). The van der Waals surface area contributed by atoms with Crippen LogP contribution in [0.15, 0.2) is 79.1 Å². The molecule has 3 aromatic heterocycles. The number of alkyl halides is 6. The van der Waals surface area contributed by atoms with Crippen molar-refractivity contribution in [3.05, 3.63) is 107 Å². The maximum Gasteiger partial charge on any atom is 0.418 e. The number of para-hydroxylation sites is 1. The summed E-state index contributed by atoms with van der Waals surface area (Å²) in [5.74, 6) is -0.630. The Bertz CT molecular complexity index is 1690.